The molecule has 0 aromatic heterocycles. The first-order chi connectivity index (χ1) is 13.6. The van der Waals surface area contributed by atoms with Gasteiger partial charge in [-0.15, -0.1) is 0 Å². The monoisotopic (exact) mass is 367 g/mol. The number of rotatable bonds is 3. The predicted molar refractivity (Wildman–Crippen MR) is 103 cm³/mol. The first-order valence-corrected chi connectivity index (χ1v) is 8.48. The highest BCUT2D eigenvalue weighted by Crippen LogP contribution is 2.28. The summed E-state index contributed by atoms with van der Waals surface area (Å²) in [5.41, 5.74) is 2.23. The van der Waals surface area contributed by atoms with Crippen LogP contribution in [0.25, 0.3) is 0 Å². The quantitative estimate of drug-likeness (QED) is 0.716. The van der Waals surface area contributed by atoms with Crippen LogP contribution >= 0.6 is 0 Å². The molecule has 0 saturated carbocycles. The number of imide groups is 1. The zero-order valence-electron chi connectivity index (χ0n) is 14.5. The highest BCUT2D eigenvalue weighted by Gasteiger charge is 2.36. The van der Waals surface area contributed by atoms with Crippen molar-refractivity contribution < 1.29 is 14.4 Å². The summed E-state index contributed by atoms with van der Waals surface area (Å²) < 4.78 is 0. The van der Waals surface area contributed by atoms with Gasteiger partial charge in [-0.2, -0.15) is 5.26 Å². The third-order valence-electron chi connectivity index (χ3n) is 4.48. The summed E-state index contributed by atoms with van der Waals surface area (Å²) in [5.74, 6) is -1.17. The zero-order valence-corrected chi connectivity index (χ0v) is 14.5. The lowest BCUT2D eigenvalue weighted by Crippen LogP contribution is -2.29. The molecule has 3 amide bonds. The molecule has 0 aliphatic carbocycles. The molecule has 28 heavy (non-hydrogen) atoms. The van der Waals surface area contributed by atoms with Crippen LogP contribution in [0.5, 0.6) is 0 Å². The van der Waals surface area contributed by atoms with Crippen LogP contribution in [0.3, 0.4) is 0 Å². The molecule has 1 heterocycles. The summed E-state index contributed by atoms with van der Waals surface area (Å²) >= 11 is 0. The normalized spacial score (nSPS) is 12.5. The Kier molecular flexibility index (Phi) is 4.18. The lowest BCUT2D eigenvalue weighted by molar-refractivity contribution is 0.0925. The fraction of sp³-hybridized carbons (Fsp3) is 0. The van der Waals surface area contributed by atoms with Gasteiger partial charge >= 0.3 is 0 Å². The average molecular weight is 367 g/mol. The summed E-state index contributed by atoms with van der Waals surface area (Å²) in [6.45, 7) is 0. The molecule has 0 atom stereocenters. The van der Waals surface area contributed by atoms with Crippen LogP contribution in [0.2, 0.25) is 0 Å². The van der Waals surface area contributed by atoms with Crippen LogP contribution in [-0.2, 0) is 0 Å². The molecule has 0 unspecified atom stereocenters. The van der Waals surface area contributed by atoms with E-state index in [2.05, 4.69) is 5.32 Å². The maximum atomic E-state index is 12.5. The molecule has 4 rings (SSSR count). The number of nitrogens with zero attached hydrogens (tertiary/aromatic N) is 2. The summed E-state index contributed by atoms with van der Waals surface area (Å²) in [5, 5.41) is 11.8. The Morgan fingerprint density at radius 1 is 0.821 bits per heavy atom. The largest absolute Gasteiger partial charge is 0.321 e. The van der Waals surface area contributed by atoms with E-state index in [-0.39, 0.29) is 11.8 Å². The molecule has 0 bridgehead atoms. The zero-order chi connectivity index (χ0) is 19.7. The molecule has 6 nitrogen and oxygen atoms in total. The Labute approximate surface area is 160 Å². The van der Waals surface area contributed by atoms with E-state index in [0.29, 0.717) is 33.6 Å². The van der Waals surface area contributed by atoms with E-state index in [1.54, 1.807) is 60.7 Å². The van der Waals surface area contributed by atoms with Gasteiger partial charge in [-0.1, -0.05) is 24.3 Å². The van der Waals surface area contributed by atoms with Crippen LogP contribution in [0.4, 0.5) is 11.4 Å². The molecule has 134 valence electrons. The van der Waals surface area contributed by atoms with Crippen molar-refractivity contribution in [1.82, 2.24) is 0 Å². The molecule has 0 spiro atoms. The number of para-hydroxylation sites is 1. The molecule has 0 saturated heterocycles. The molecule has 1 N–H and O–H groups in total. The van der Waals surface area contributed by atoms with Gasteiger partial charge in [-0.25, -0.2) is 4.90 Å². The molecular formula is C22H13N3O3. The number of anilines is 2. The fourth-order valence-electron chi connectivity index (χ4n) is 3.07. The number of nitriles is 1. The second kappa shape index (κ2) is 6.82. The Hall–Kier alpha value is -4.24. The van der Waals surface area contributed by atoms with Crippen LogP contribution < -0.4 is 10.2 Å². The number of carbonyl (C=O) groups is 3. The molecule has 1 aliphatic heterocycles. The Morgan fingerprint density at radius 2 is 1.39 bits per heavy atom. The summed E-state index contributed by atoms with van der Waals surface area (Å²) in [6.07, 6.45) is 0. The van der Waals surface area contributed by atoms with E-state index in [1.165, 1.54) is 12.1 Å². The third-order valence-corrected chi connectivity index (χ3v) is 4.48. The van der Waals surface area contributed by atoms with Gasteiger partial charge in [-0.05, 0) is 48.5 Å². The van der Waals surface area contributed by atoms with Crippen LogP contribution in [0, 0.1) is 11.3 Å². The number of carbonyl (C=O) groups excluding carboxylic acids is 3. The van der Waals surface area contributed by atoms with Crippen LogP contribution in [-0.4, -0.2) is 17.7 Å². The number of hydrogen-bond acceptors (Lipinski definition) is 4. The van der Waals surface area contributed by atoms with Crippen molar-refractivity contribution >= 4 is 29.1 Å². The van der Waals surface area contributed by atoms with Gasteiger partial charge in [0, 0.05) is 5.56 Å². The Balaban J connectivity index is 1.57. The fourth-order valence-corrected chi connectivity index (χ4v) is 3.07. The molecule has 3 aromatic rings. The number of hydrogen-bond donors (Lipinski definition) is 1. The predicted octanol–water partition coefficient (Wildman–Crippen LogP) is 3.61. The maximum Gasteiger partial charge on any atom is 0.266 e. The Morgan fingerprint density at radius 3 is 2.00 bits per heavy atom. The van der Waals surface area contributed by atoms with E-state index >= 15 is 0 Å². The number of amides is 3. The van der Waals surface area contributed by atoms with Crippen molar-refractivity contribution in [2.24, 2.45) is 0 Å². The highest BCUT2D eigenvalue weighted by atomic mass is 16.2. The van der Waals surface area contributed by atoms with Crippen LogP contribution in [0.15, 0.2) is 72.8 Å². The second-order valence-corrected chi connectivity index (χ2v) is 6.15. The average Bonchev–Trinajstić information content (AvgIpc) is 2.99. The van der Waals surface area contributed by atoms with Crippen molar-refractivity contribution in [2.75, 3.05) is 10.2 Å². The SMILES string of the molecule is N#Cc1ccccc1NC(=O)c1ccc(N2C(=O)c3ccccc3C2=O)cc1. The van der Waals surface area contributed by atoms with Crippen LogP contribution in [0.1, 0.15) is 36.6 Å². The summed E-state index contributed by atoms with van der Waals surface area (Å²) in [7, 11) is 0. The number of benzene rings is 3. The Bertz CT molecular complexity index is 1130. The maximum absolute atomic E-state index is 12.5. The van der Waals surface area contributed by atoms with Gasteiger partial charge in [-0.3, -0.25) is 14.4 Å². The van der Waals surface area contributed by atoms with Crippen molar-refractivity contribution in [3.63, 3.8) is 0 Å². The highest BCUT2D eigenvalue weighted by molar-refractivity contribution is 6.34. The standard InChI is InChI=1S/C22H13N3O3/c23-13-15-5-1-4-8-19(15)24-20(26)14-9-11-16(12-10-14)25-21(27)17-6-2-3-7-18(17)22(25)28/h1-12H,(H,24,26). The number of nitrogens with one attached hydrogen (secondary N) is 1. The number of fused-ring (bicyclic) bond motifs is 1. The minimum absolute atomic E-state index is 0.341. The van der Waals surface area contributed by atoms with Crippen molar-refractivity contribution in [3.05, 3.63) is 95.1 Å². The van der Waals surface area contributed by atoms with E-state index in [0.717, 1.165) is 4.90 Å². The van der Waals surface area contributed by atoms with Gasteiger partial charge in [0.15, 0.2) is 0 Å². The van der Waals surface area contributed by atoms with Crippen molar-refractivity contribution in [3.8, 4) is 6.07 Å². The summed E-state index contributed by atoms with van der Waals surface area (Å²) in [4.78, 5) is 38.6. The van der Waals surface area contributed by atoms with Gasteiger partial charge in [0.1, 0.15) is 6.07 Å². The van der Waals surface area contributed by atoms with E-state index in [9.17, 15) is 14.4 Å². The first kappa shape index (κ1) is 17.2. The molecule has 0 fully saturated rings. The van der Waals surface area contributed by atoms with E-state index < -0.39 is 5.91 Å². The third kappa shape index (κ3) is 2.81. The molecule has 0 radical (unpaired) electrons. The van der Waals surface area contributed by atoms with E-state index in [1.807, 2.05) is 6.07 Å². The lowest BCUT2D eigenvalue weighted by Gasteiger charge is -2.14. The minimum atomic E-state index is -0.392. The minimum Gasteiger partial charge on any atom is -0.321 e. The molecule has 1 aliphatic rings. The van der Waals surface area contributed by atoms with Gasteiger partial charge in [0.25, 0.3) is 17.7 Å². The topological polar surface area (TPSA) is 90.3 Å². The lowest BCUT2D eigenvalue weighted by atomic mass is 10.1. The summed E-state index contributed by atoms with van der Waals surface area (Å²) in [6, 6.07) is 21.5. The molecule has 6 heteroatoms. The molecular weight excluding hydrogens is 354 g/mol. The molecule has 3 aromatic carbocycles. The van der Waals surface area contributed by atoms with Gasteiger partial charge < -0.3 is 5.32 Å². The smallest absolute Gasteiger partial charge is 0.266 e. The van der Waals surface area contributed by atoms with Crippen molar-refractivity contribution in [2.45, 2.75) is 0 Å². The van der Waals surface area contributed by atoms with E-state index in [4.69, 9.17) is 5.26 Å². The van der Waals surface area contributed by atoms with Gasteiger partial charge in [0.2, 0.25) is 0 Å². The first-order valence-electron chi connectivity index (χ1n) is 8.48. The second-order valence-electron chi connectivity index (χ2n) is 6.15. The van der Waals surface area contributed by atoms with Gasteiger partial charge in [0.05, 0.1) is 28.1 Å². The van der Waals surface area contributed by atoms with Crippen molar-refractivity contribution in [1.29, 1.82) is 5.26 Å².